The van der Waals surface area contributed by atoms with Crippen molar-refractivity contribution in [2.45, 2.75) is 57.6 Å². The van der Waals surface area contributed by atoms with Crippen molar-refractivity contribution in [1.29, 1.82) is 0 Å². The quantitative estimate of drug-likeness (QED) is 0.636. The Morgan fingerprint density at radius 1 is 1.13 bits per heavy atom. The van der Waals surface area contributed by atoms with Crippen molar-refractivity contribution in [2.75, 3.05) is 26.2 Å². The highest BCUT2D eigenvalue weighted by molar-refractivity contribution is 5.78. The van der Waals surface area contributed by atoms with Crippen LogP contribution in [0.2, 0.25) is 0 Å². The van der Waals surface area contributed by atoms with Gasteiger partial charge < -0.3 is 14.6 Å². The summed E-state index contributed by atoms with van der Waals surface area (Å²) in [6.45, 7) is 3.82. The molecule has 7 nitrogen and oxygen atoms in total. The van der Waals surface area contributed by atoms with E-state index in [9.17, 15) is 4.79 Å². The topological polar surface area (TPSA) is 80.5 Å². The van der Waals surface area contributed by atoms with Crippen LogP contribution in [0.4, 0.5) is 0 Å². The number of rotatable bonds is 9. The molecule has 1 N–H and O–H groups in total. The van der Waals surface area contributed by atoms with Crippen LogP contribution in [0.1, 0.15) is 50.8 Å². The SMILES string of the molecule is O=C(NCCCOC1CCCC1)C1CCN(Cc2nc(-c3ccccc3)no2)CC1. The third kappa shape index (κ3) is 5.89. The third-order valence-electron chi connectivity index (χ3n) is 6.09. The molecule has 0 atom stereocenters. The van der Waals surface area contributed by atoms with Gasteiger partial charge in [-0.25, -0.2) is 0 Å². The van der Waals surface area contributed by atoms with Gasteiger partial charge in [-0.15, -0.1) is 0 Å². The number of carbonyl (C=O) groups is 1. The van der Waals surface area contributed by atoms with Gasteiger partial charge in [0.2, 0.25) is 17.6 Å². The van der Waals surface area contributed by atoms with Gasteiger partial charge >= 0.3 is 0 Å². The number of nitrogens with zero attached hydrogens (tertiary/aromatic N) is 3. The van der Waals surface area contributed by atoms with Crippen molar-refractivity contribution in [3.05, 3.63) is 36.2 Å². The van der Waals surface area contributed by atoms with Gasteiger partial charge in [-0.3, -0.25) is 9.69 Å². The van der Waals surface area contributed by atoms with E-state index < -0.39 is 0 Å². The monoisotopic (exact) mass is 412 g/mol. The molecule has 1 aromatic carbocycles. The standard InChI is InChI=1S/C23H32N4O3/c28-23(24-13-6-16-29-20-9-4-5-10-20)19-11-14-27(15-12-19)17-21-25-22(26-30-21)18-7-2-1-3-8-18/h1-3,7-8,19-20H,4-6,9-17H2,(H,24,28). The predicted molar refractivity (Wildman–Crippen MR) is 114 cm³/mol. The number of nitrogens with one attached hydrogen (secondary N) is 1. The minimum absolute atomic E-state index is 0.0968. The second kappa shape index (κ2) is 10.7. The Balaban J connectivity index is 1.12. The lowest BCUT2D eigenvalue weighted by atomic mass is 9.96. The molecular formula is C23H32N4O3. The van der Waals surface area contributed by atoms with Crippen molar-refractivity contribution >= 4 is 5.91 Å². The second-order valence-corrected chi connectivity index (χ2v) is 8.35. The first kappa shape index (κ1) is 21.0. The smallest absolute Gasteiger partial charge is 0.241 e. The summed E-state index contributed by atoms with van der Waals surface area (Å²) in [7, 11) is 0. The molecule has 1 aromatic heterocycles. The molecule has 1 amide bonds. The number of hydrogen-bond donors (Lipinski definition) is 1. The Morgan fingerprint density at radius 2 is 1.90 bits per heavy atom. The molecule has 30 heavy (non-hydrogen) atoms. The van der Waals surface area contributed by atoms with Crippen LogP contribution in [0.5, 0.6) is 0 Å². The van der Waals surface area contributed by atoms with Crippen LogP contribution in [0.15, 0.2) is 34.9 Å². The van der Waals surface area contributed by atoms with E-state index in [0.29, 0.717) is 30.9 Å². The summed E-state index contributed by atoms with van der Waals surface area (Å²) >= 11 is 0. The van der Waals surface area contributed by atoms with Crippen LogP contribution in [0.25, 0.3) is 11.4 Å². The van der Waals surface area contributed by atoms with Gasteiger partial charge in [0.05, 0.1) is 12.6 Å². The molecule has 2 aliphatic rings. The molecule has 0 unspecified atom stereocenters. The molecule has 0 spiro atoms. The van der Waals surface area contributed by atoms with Gasteiger partial charge in [0.1, 0.15) is 0 Å². The number of amides is 1. The fourth-order valence-electron chi connectivity index (χ4n) is 4.30. The van der Waals surface area contributed by atoms with Gasteiger partial charge in [0, 0.05) is 24.6 Å². The average Bonchev–Trinajstić information content (AvgIpc) is 3.47. The van der Waals surface area contributed by atoms with E-state index in [2.05, 4.69) is 20.4 Å². The maximum atomic E-state index is 12.4. The van der Waals surface area contributed by atoms with Crippen LogP contribution in [-0.4, -0.2) is 53.3 Å². The number of benzene rings is 1. The first-order chi connectivity index (χ1) is 14.8. The average molecular weight is 413 g/mol. The zero-order valence-electron chi connectivity index (χ0n) is 17.6. The predicted octanol–water partition coefficient (Wildman–Crippen LogP) is 3.41. The minimum atomic E-state index is 0.0968. The first-order valence-electron chi connectivity index (χ1n) is 11.3. The van der Waals surface area contributed by atoms with Gasteiger partial charge in [0.15, 0.2) is 0 Å². The fraction of sp³-hybridized carbons (Fsp3) is 0.609. The maximum absolute atomic E-state index is 12.4. The van der Waals surface area contributed by atoms with Crippen molar-refractivity contribution < 1.29 is 14.1 Å². The van der Waals surface area contributed by atoms with E-state index in [1.165, 1.54) is 25.7 Å². The van der Waals surface area contributed by atoms with Gasteiger partial charge in [0.25, 0.3) is 0 Å². The number of piperidine rings is 1. The lowest BCUT2D eigenvalue weighted by Crippen LogP contribution is -2.40. The fourth-order valence-corrected chi connectivity index (χ4v) is 4.30. The molecule has 1 saturated heterocycles. The molecule has 2 fully saturated rings. The normalized spacial score (nSPS) is 18.7. The molecule has 162 valence electrons. The zero-order chi connectivity index (χ0) is 20.6. The Labute approximate surface area is 178 Å². The van der Waals surface area contributed by atoms with E-state index in [0.717, 1.165) is 44.5 Å². The first-order valence-corrected chi connectivity index (χ1v) is 11.3. The van der Waals surface area contributed by atoms with Crippen molar-refractivity contribution in [2.24, 2.45) is 5.92 Å². The largest absolute Gasteiger partial charge is 0.378 e. The highest BCUT2D eigenvalue weighted by Crippen LogP contribution is 2.22. The van der Waals surface area contributed by atoms with Crippen LogP contribution in [0.3, 0.4) is 0 Å². The van der Waals surface area contributed by atoms with Crippen molar-refractivity contribution in [3.8, 4) is 11.4 Å². The number of ether oxygens (including phenoxy) is 1. The molecule has 1 aliphatic carbocycles. The Hall–Kier alpha value is -2.25. The summed E-state index contributed by atoms with van der Waals surface area (Å²) in [4.78, 5) is 19.2. The molecule has 7 heteroatoms. The maximum Gasteiger partial charge on any atom is 0.241 e. The van der Waals surface area contributed by atoms with E-state index >= 15 is 0 Å². The number of likely N-dealkylation sites (tertiary alicyclic amines) is 1. The summed E-state index contributed by atoms with van der Waals surface area (Å²) in [5, 5.41) is 7.17. The Kier molecular flexibility index (Phi) is 7.48. The Bertz CT molecular complexity index is 781. The molecule has 1 aliphatic heterocycles. The lowest BCUT2D eigenvalue weighted by Gasteiger charge is -2.30. The van der Waals surface area contributed by atoms with Crippen LogP contribution >= 0.6 is 0 Å². The number of aromatic nitrogens is 2. The van der Waals surface area contributed by atoms with E-state index in [-0.39, 0.29) is 11.8 Å². The summed E-state index contributed by atoms with van der Waals surface area (Å²) < 4.78 is 11.3. The number of hydrogen-bond acceptors (Lipinski definition) is 6. The minimum Gasteiger partial charge on any atom is -0.378 e. The lowest BCUT2D eigenvalue weighted by molar-refractivity contribution is -0.126. The summed E-state index contributed by atoms with van der Waals surface area (Å²) in [5.74, 6) is 1.52. The highest BCUT2D eigenvalue weighted by atomic mass is 16.5. The highest BCUT2D eigenvalue weighted by Gasteiger charge is 2.26. The molecule has 2 heterocycles. The number of carbonyl (C=O) groups excluding carboxylic acids is 1. The van der Waals surface area contributed by atoms with Gasteiger partial charge in [-0.1, -0.05) is 48.3 Å². The molecule has 0 bridgehead atoms. The zero-order valence-corrected chi connectivity index (χ0v) is 17.6. The van der Waals surface area contributed by atoms with Crippen LogP contribution < -0.4 is 5.32 Å². The van der Waals surface area contributed by atoms with Crippen molar-refractivity contribution in [1.82, 2.24) is 20.4 Å². The second-order valence-electron chi connectivity index (χ2n) is 8.35. The summed E-state index contributed by atoms with van der Waals surface area (Å²) in [5.41, 5.74) is 0.955. The third-order valence-corrected chi connectivity index (χ3v) is 6.09. The summed E-state index contributed by atoms with van der Waals surface area (Å²) in [6, 6.07) is 9.84. The molecule has 4 rings (SSSR count). The summed E-state index contributed by atoms with van der Waals surface area (Å²) in [6.07, 6.45) is 8.05. The van der Waals surface area contributed by atoms with E-state index in [4.69, 9.17) is 9.26 Å². The van der Waals surface area contributed by atoms with E-state index in [1.54, 1.807) is 0 Å². The molecule has 2 aromatic rings. The van der Waals surface area contributed by atoms with Crippen molar-refractivity contribution in [3.63, 3.8) is 0 Å². The van der Waals surface area contributed by atoms with Gasteiger partial charge in [-0.2, -0.15) is 4.98 Å². The van der Waals surface area contributed by atoms with Crippen LogP contribution in [-0.2, 0) is 16.1 Å². The van der Waals surface area contributed by atoms with E-state index in [1.807, 2.05) is 30.3 Å². The Morgan fingerprint density at radius 3 is 2.67 bits per heavy atom. The molecule has 0 radical (unpaired) electrons. The van der Waals surface area contributed by atoms with Crippen LogP contribution in [0, 0.1) is 5.92 Å². The molecular weight excluding hydrogens is 380 g/mol. The van der Waals surface area contributed by atoms with Gasteiger partial charge in [-0.05, 0) is 45.2 Å². The molecule has 1 saturated carbocycles.